The van der Waals surface area contributed by atoms with E-state index in [1.54, 1.807) is 0 Å². The third-order valence-electron chi connectivity index (χ3n) is 1.82. The molecule has 0 heterocycles. The first-order chi connectivity index (χ1) is 7.64. The second kappa shape index (κ2) is 4.44. The van der Waals surface area contributed by atoms with Crippen LogP contribution >= 0.6 is 11.6 Å². The molecular weight excluding hydrogens is 273 g/mol. The maximum absolute atomic E-state index is 12.4. The molecule has 0 saturated carbocycles. The van der Waals surface area contributed by atoms with Gasteiger partial charge in [0.05, 0.1) is 9.95 Å². The summed E-state index contributed by atoms with van der Waals surface area (Å²) in [5.74, 6) is 0. The van der Waals surface area contributed by atoms with Gasteiger partial charge in [0.15, 0.2) is 5.56 Å². The molecule has 0 aliphatic carbocycles. The standard InChI is InChI=1S/C8H3ClF5NO2/c9-4-1-3(7(10)11)2-5(15(16)17)6(4)8(12,13)14/h1-2,7H. The molecule has 17 heavy (non-hydrogen) atoms. The van der Waals surface area contributed by atoms with E-state index in [1.807, 2.05) is 0 Å². The van der Waals surface area contributed by atoms with Crippen molar-refractivity contribution in [1.29, 1.82) is 0 Å². The summed E-state index contributed by atoms with van der Waals surface area (Å²) >= 11 is 5.15. The normalized spacial score (nSPS) is 11.9. The summed E-state index contributed by atoms with van der Waals surface area (Å²) in [6, 6.07) is 0.529. The second-order valence-corrected chi connectivity index (χ2v) is 3.36. The van der Waals surface area contributed by atoms with Gasteiger partial charge in [-0.1, -0.05) is 11.6 Å². The van der Waals surface area contributed by atoms with Crippen molar-refractivity contribution in [3.63, 3.8) is 0 Å². The Morgan fingerprint density at radius 3 is 2.18 bits per heavy atom. The first kappa shape index (κ1) is 13.6. The zero-order valence-corrected chi connectivity index (χ0v) is 8.52. The van der Waals surface area contributed by atoms with Gasteiger partial charge < -0.3 is 0 Å². The molecule has 0 N–H and O–H groups in total. The summed E-state index contributed by atoms with van der Waals surface area (Å²) in [6.45, 7) is 0. The van der Waals surface area contributed by atoms with Gasteiger partial charge in [0, 0.05) is 11.6 Å². The van der Waals surface area contributed by atoms with Crippen molar-refractivity contribution in [1.82, 2.24) is 0 Å². The number of alkyl halides is 5. The number of benzene rings is 1. The van der Waals surface area contributed by atoms with Gasteiger partial charge in [0.1, 0.15) is 0 Å². The van der Waals surface area contributed by atoms with Gasteiger partial charge in [0.2, 0.25) is 0 Å². The Balaban J connectivity index is 3.56. The fourth-order valence-corrected chi connectivity index (χ4v) is 1.49. The number of nitrogens with zero attached hydrogens (tertiary/aromatic N) is 1. The summed E-state index contributed by atoms with van der Waals surface area (Å²) in [4.78, 5) is 9.00. The molecule has 9 heteroatoms. The minimum absolute atomic E-state index is 0.166. The lowest BCUT2D eigenvalue weighted by atomic mass is 10.1. The fraction of sp³-hybridized carbons (Fsp3) is 0.250. The number of nitro groups is 1. The van der Waals surface area contributed by atoms with E-state index >= 15 is 0 Å². The highest BCUT2D eigenvalue weighted by molar-refractivity contribution is 6.31. The summed E-state index contributed by atoms with van der Waals surface area (Å²) in [7, 11) is 0. The van der Waals surface area contributed by atoms with Gasteiger partial charge in [-0.05, 0) is 6.07 Å². The Kier molecular flexibility index (Phi) is 3.56. The van der Waals surface area contributed by atoms with Gasteiger partial charge in [0.25, 0.3) is 12.1 Å². The van der Waals surface area contributed by atoms with Gasteiger partial charge in [-0.2, -0.15) is 13.2 Å². The van der Waals surface area contributed by atoms with Crippen LogP contribution in [0.25, 0.3) is 0 Å². The number of halogens is 6. The molecule has 0 radical (unpaired) electrons. The largest absolute Gasteiger partial charge is 0.424 e. The molecule has 0 spiro atoms. The Hall–Kier alpha value is -1.44. The molecule has 0 fully saturated rings. The van der Waals surface area contributed by atoms with Crippen LogP contribution < -0.4 is 0 Å². The van der Waals surface area contributed by atoms with Gasteiger partial charge in [-0.3, -0.25) is 10.1 Å². The Morgan fingerprint density at radius 1 is 1.29 bits per heavy atom. The van der Waals surface area contributed by atoms with Crippen LogP contribution in [-0.2, 0) is 6.18 Å². The highest BCUT2D eigenvalue weighted by atomic mass is 35.5. The predicted octanol–water partition coefficient (Wildman–Crippen LogP) is 4.20. The van der Waals surface area contributed by atoms with Gasteiger partial charge in [-0.15, -0.1) is 0 Å². The number of hydrogen-bond acceptors (Lipinski definition) is 2. The Bertz CT molecular complexity index is 460. The van der Waals surface area contributed by atoms with Crippen LogP contribution in [0.5, 0.6) is 0 Å². The predicted molar refractivity (Wildman–Crippen MR) is 48.1 cm³/mol. The van der Waals surface area contributed by atoms with Gasteiger partial charge >= 0.3 is 6.18 Å². The van der Waals surface area contributed by atoms with E-state index in [1.165, 1.54) is 0 Å². The van der Waals surface area contributed by atoms with Crippen molar-refractivity contribution < 1.29 is 26.9 Å². The van der Waals surface area contributed by atoms with Crippen LogP contribution in [0.1, 0.15) is 17.6 Å². The SMILES string of the molecule is O=[N+]([O-])c1cc(C(F)F)cc(Cl)c1C(F)(F)F. The fourth-order valence-electron chi connectivity index (χ4n) is 1.16. The summed E-state index contributed by atoms with van der Waals surface area (Å²) in [5.41, 5.74) is -4.15. The van der Waals surface area contributed by atoms with E-state index in [0.29, 0.717) is 6.07 Å². The zero-order chi connectivity index (χ0) is 13.4. The molecule has 94 valence electrons. The highest BCUT2D eigenvalue weighted by Gasteiger charge is 2.41. The van der Waals surface area contributed by atoms with Crippen LogP contribution in [-0.4, -0.2) is 4.92 Å². The Morgan fingerprint density at radius 2 is 1.82 bits per heavy atom. The van der Waals surface area contributed by atoms with Crippen molar-refractivity contribution in [2.75, 3.05) is 0 Å². The summed E-state index contributed by atoms with van der Waals surface area (Å²) in [6.07, 6.45) is -8.23. The van der Waals surface area contributed by atoms with E-state index in [0.717, 1.165) is 0 Å². The van der Waals surface area contributed by atoms with E-state index in [9.17, 15) is 32.1 Å². The third-order valence-corrected chi connectivity index (χ3v) is 2.12. The van der Waals surface area contributed by atoms with Crippen LogP contribution in [0.4, 0.5) is 27.6 Å². The minimum atomic E-state index is -5.08. The summed E-state index contributed by atoms with van der Waals surface area (Å²) < 4.78 is 61.8. The van der Waals surface area contributed by atoms with Crippen LogP contribution in [0.2, 0.25) is 5.02 Å². The minimum Gasteiger partial charge on any atom is -0.258 e. The number of rotatable bonds is 2. The molecule has 1 aromatic carbocycles. The molecule has 0 amide bonds. The second-order valence-electron chi connectivity index (χ2n) is 2.95. The van der Waals surface area contributed by atoms with Crippen molar-refractivity contribution in [3.8, 4) is 0 Å². The first-order valence-electron chi connectivity index (χ1n) is 3.97. The molecule has 0 atom stereocenters. The van der Waals surface area contributed by atoms with Gasteiger partial charge in [-0.25, -0.2) is 8.78 Å². The molecule has 0 aliphatic heterocycles. The maximum atomic E-state index is 12.4. The molecule has 0 unspecified atom stereocenters. The first-order valence-corrected chi connectivity index (χ1v) is 4.35. The quantitative estimate of drug-likeness (QED) is 0.461. The molecule has 1 aromatic rings. The van der Waals surface area contributed by atoms with Crippen molar-refractivity contribution in [2.24, 2.45) is 0 Å². The van der Waals surface area contributed by atoms with Crippen molar-refractivity contribution >= 4 is 17.3 Å². The molecule has 0 aliphatic rings. The maximum Gasteiger partial charge on any atom is 0.424 e. The lowest BCUT2D eigenvalue weighted by Crippen LogP contribution is -2.10. The average Bonchev–Trinajstić information content (AvgIpc) is 2.13. The monoisotopic (exact) mass is 275 g/mol. The average molecular weight is 276 g/mol. The van der Waals surface area contributed by atoms with Crippen LogP contribution in [0, 0.1) is 10.1 Å². The molecule has 0 bridgehead atoms. The molecule has 3 nitrogen and oxygen atoms in total. The van der Waals surface area contributed by atoms with Crippen LogP contribution in [0.15, 0.2) is 12.1 Å². The molecule has 1 rings (SSSR count). The Labute approximate surface area is 95.9 Å². The van der Waals surface area contributed by atoms with Crippen LogP contribution in [0.3, 0.4) is 0 Å². The lowest BCUT2D eigenvalue weighted by molar-refractivity contribution is -0.388. The van der Waals surface area contributed by atoms with E-state index in [2.05, 4.69) is 0 Å². The topological polar surface area (TPSA) is 43.1 Å². The number of hydrogen-bond donors (Lipinski definition) is 0. The zero-order valence-electron chi connectivity index (χ0n) is 7.76. The van der Waals surface area contributed by atoms with E-state index < -0.39 is 39.4 Å². The summed E-state index contributed by atoms with van der Waals surface area (Å²) in [5, 5.41) is 9.27. The van der Waals surface area contributed by atoms with Crippen molar-refractivity contribution in [3.05, 3.63) is 38.4 Å². The highest BCUT2D eigenvalue weighted by Crippen LogP contribution is 2.42. The smallest absolute Gasteiger partial charge is 0.258 e. The number of nitro benzene ring substituents is 1. The molecule has 0 saturated heterocycles. The molecular formula is C8H3ClF5NO2. The lowest BCUT2D eigenvalue weighted by Gasteiger charge is -2.10. The molecule has 0 aromatic heterocycles. The van der Waals surface area contributed by atoms with E-state index in [4.69, 9.17) is 11.6 Å². The third kappa shape index (κ3) is 2.82. The van der Waals surface area contributed by atoms with E-state index in [-0.39, 0.29) is 6.07 Å². The van der Waals surface area contributed by atoms with Crippen molar-refractivity contribution in [2.45, 2.75) is 12.6 Å².